The standard InChI is InChI=1S/C19H31NO2S/c21-18(20-4-3-14-2-1-5-22-12-14)13-23-19-9-15-6-16(10-19)8-17(7-15)11-19/h14-17H,1-13H2,(H,20,21)/t14-,15?,16?,17?,19?/m0/s1. The molecule has 0 aromatic carbocycles. The van der Waals surface area contributed by atoms with Crippen LogP contribution in [0.4, 0.5) is 0 Å². The highest BCUT2D eigenvalue weighted by Gasteiger charge is 2.51. The fraction of sp³-hybridized carbons (Fsp3) is 0.947. The highest BCUT2D eigenvalue weighted by atomic mass is 32.2. The third-order valence-electron chi connectivity index (χ3n) is 6.62. The molecule has 4 saturated carbocycles. The molecule has 0 unspecified atom stereocenters. The zero-order valence-electron chi connectivity index (χ0n) is 14.2. The van der Waals surface area contributed by atoms with Crippen molar-refractivity contribution in [3.63, 3.8) is 0 Å². The molecule has 1 N–H and O–H groups in total. The van der Waals surface area contributed by atoms with Crippen LogP contribution in [0.5, 0.6) is 0 Å². The Bertz CT molecular complexity index is 398. The molecule has 4 bridgehead atoms. The summed E-state index contributed by atoms with van der Waals surface area (Å²) in [6, 6.07) is 0. The zero-order chi connectivity index (χ0) is 15.7. The molecule has 0 aromatic heterocycles. The van der Waals surface area contributed by atoms with Crippen LogP contribution in [0.15, 0.2) is 0 Å². The van der Waals surface area contributed by atoms with Gasteiger partial charge in [0.25, 0.3) is 0 Å². The maximum absolute atomic E-state index is 12.2. The van der Waals surface area contributed by atoms with Crippen molar-refractivity contribution in [2.24, 2.45) is 23.7 Å². The molecule has 0 aromatic rings. The van der Waals surface area contributed by atoms with E-state index in [-0.39, 0.29) is 5.91 Å². The van der Waals surface area contributed by atoms with E-state index in [2.05, 4.69) is 5.32 Å². The average Bonchev–Trinajstić information content (AvgIpc) is 2.53. The minimum atomic E-state index is 0.252. The Hall–Kier alpha value is -0.220. The van der Waals surface area contributed by atoms with Crippen molar-refractivity contribution in [2.75, 3.05) is 25.5 Å². The maximum Gasteiger partial charge on any atom is 0.230 e. The van der Waals surface area contributed by atoms with Gasteiger partial charge in [-0.1, -0.05) is 0 Å². The van der Waals surface area contributed by atoms with E-state index in [0.717, 1.165) is 43.9 Å². The zero-order valence-corrected chi connectivity index (χ0v) is 15.0. The summed E-state index contributed by atoms with van der Waals surface area (Å²) in [6.45, 7) is 2.64. The van der Waals surface area contributed by atoms with Gasteiger partial charge in [0, 0.05) is 24.5 Å². The SMILES string of the molecule is O=C(CSC12CC3CC(CC(C3)C1)C2)NCC[C@@H]1CCCOC1. The normalized spacial score (nSPS) is 41.9. The Balaban J connectivity index is 1.18. The predicted molar refractivity (Wildman–Crippen MR) is 94.5 cm³/mol. The average molecular weight is 338 g/mol. The molecule has 1 heterocycles. The van der Waals surface area contributed by atoms with Crippen LogP contribution in [0.25, 0.3) is 0 Å². The van der Waals surface area contributed by atoms with Crippen LogP contribution in [0.3, 0.4) is 0 Å². The van der Waals surface area contributed by atoms with Crippen molar-refractivity contribution in [1.82, 2.24) is 5.32 Å². The second-order valence-electron chi connectivity index (χ2n) is 8.61. The summed E-state index contributed by atoms with van der Waals surface area (Å²) in [5.41, 5.74) is 0. The summed E-state index contributed by atoms with van der Waals surface area (Å²) in [5, 5.41) is 3.15. The fourth-order valence-corrected chi connectivity index (χ4v) is 7.53. The van der Waals surface area contributed by atoms with E-state index in [9.17, 15) is 4.79 Å². The van der Waals surface area contributed by atoms with Gasteiger partial charge in [0.05, 0.1) is 5.75 Å². The van der Waals surface area contributed by atoms with Crippen molar-refractivity contribution in [1.29, 1.82) is 0 Å². The van der Waals surface area contributed by atoms with Crippen LogP contribution < -0.4 is 5.32 Å². The van der Waals surface area contributed by atoms with Crippen molar-refractivity contribution < 1.29 is 9.53 Å². The molecule has 130 valence electrons. The van der Waals surface area contributed by atoms with Crippen LogP contribution in [-0.4, -0.2) is 36.2 Å². The van der Waals surface area contributed by atoms with E-state index >= 15 is 0 Å². The van der Waals surface area contributed by atoms with Crippen LogP contribution in [-0.2, 0) is 9.53 Å². The predicted octanol–water partition coefficient (Wildman–Crippen LogP) is 3.62. The van der Waals surface area contributed by atoms with Gasteiger partial charge in [0.15, 0.2) is 0 Å². The van der Waals surface area contributed by atoms with Gasteiger partial charge < -0.3 is 10.1 Å². The van der Waals surface area contributed by atoms with Gasteiger partial charge in [-0.25, -0.2) is 0 Å². The molecule has 5 fully saturated rings. The first-order chi connectivity index (χ1) is 11.2. The van der Waals surface area contributed by atoms with Gasteiger partial charge in [-0.3, -0.25) is 4.79 Å². The molecule has 23 heavy (non-hydrogen) atoms. The lowest BCUT2D eigenvalue weighted by atomic mass is 9.56. The smallest absolute Gasteiger partial charge is 0.230 e. The number of amides is 1. The molecule has 4 heteroatoms. The Labute approximate surface area is 144 Å². The molecule has 5 rings (SSSR count). The largest absolute Gasteiger partial charge is 0.381 e. The Kier molecular flexibility index (Phi) is 4.91. The van der Waals surface area contributed by atoms with Crippen molar-refractivity contribution in [3.8, 4) is 0 Å². The number of nitrogens with one attached hydrogen (secondary N) is 1. The highest BCUT2D eigenvalue weighted by Crippen LogP contribution is 2.60. The lowest BCUT2D eigenvalue weighted by Gasteiger charge is -2.56. The van der Waals surface area contributed by atoms with Gasteiger partial charge in [-0.2, -0.15) is 0 Å². The van der Waals surface area contributed by atoms with E-state index in [4.69, 9.17) is 4.74 Å². The first-order valence-corrected chi connectivity index (χ1v) is 10.7. The number of carbonyl (C=O) groups excluding carboxylic acids is 1. The first kappa shape index (κ1) is 16.3. The third kappa shape index (κ3) is 3.89. The highest BCUT2D eigenvalue weighted by molar-refractivity contribution is 8.01. The van der Waals surface area contributed by atoms with Crippen LogP contribution >= 0.6 is 11.8 Å². The minimum absolute atomic E-state index is 0.252. The van der Waals surface area contributed by atoms with Gasteiger partial charge >= 0.3 is 0 Å². The van der Waals surface area contributed by atoms with Gasteiger partial charge in [-0.05, 0) is 81.5 Å². The minimum Gasteiger partial charge on any atom is -0.381 e. The number of hydrogen-bond donors (Lipinski definition) is 1. The van der Waals surface area contributed by atoms with Crippen LogP contribution in [0.2, 0.25) is 0 Å². The fourth-order valence-electron chi connectivity index (χ4n) is 5.93. The first-order valence-electron chi connectivity index (χ1n) is 9.69. The molecule has 0 spiro atoms. The van der Waals surface area contributed by atoms with Gasteiger partial charge in [0.1, 0.15) is 0 Å². The molecule has 0 radical (unpaired) electrons. The lowest BCUT2D eigenvalue weighted by molar-refractivity contribution is -0.118. The van der Waals surface area contributed by atoms with Crippen molar-refractivity contribution >= 4 is 17.7 Å². The summed E-state index contributed by atoms with van der Waals surface area (Å²) in [5.74, 6) is 4.50. The summed E-state index contributed by atoms with van der Waals surface area (Å²) in [4.78, 5) is 12.2. The summed E-state index contributed by atoms with van der Waals surface area (Å²) < 4.78 is 5.97. The van der Waals surface area contributed by atoms with Gasteiger partial charge in [-0.15, -0.1) is 11.8 Å². The topological polar surface area (TPSA) is 38.3 Å². The molecular formula is C19H31NO2S. The molecule has 5 aliphatic rings. The Morgan fingerprint density at radius 1 is 1.13 bits per heavy atom. The number of hydrogen-bond acceptors (Lipinski definition) is 3. The van der Waals surface area contributed by atoms with E-state index in [1.165, 1.54) is 51.4 Å². The number of thioether (sulfide) groups is 1. The second-order valence-corrected chi connectivity index (χ2v) is 10.1. The van der Waals surface area contributed by atoms with Crippen LogP contribution in [0.1, 0.15) is 57.8 Å². The molecule has 1 saturated heterocycles. The van der Waals surface area contributed by atoms with E-state index in [1.807, 2.05) is 11.8 Å². The second kappa shape index (κ2) is 6.95. The Morgan fingerprint density at radius 2 is 1.83 bits per heavy atom. The van der Waals surface area contributed by atoms with E-state index in [0.29, 0.717) is 16.4 Å². The number of rotatable bonds is 6. The number of ether oxygens (including phenoxy) is 1. The summed E-state index contributed by atoms with van der Waals surface area (Å²) in [6.07, 6.45) is 12.1. The van der Waals surface area contributed by atoms with Gasteiger partial charge in [0.2, 0.25) is 5.91 Å². The summed E-state index contributed by atoms with van der Waals surface area (Å²) >= 11 is 1.99. The monoisotopic (exact) mass is 337 g/mol. The lowest BCUT2D eigenvalue weighted by Crippen LogP contribution is -2.49. The molecular weight excluding hydrogens is 306 g/mol. The molecule has 1 aliphatic heterocycles. The Morgan fingerprint density at radius 3 is 2.43 bits per heavy atom. The maximum atomic E-state index is 12.2. The van der Waals surface area contributed by atoms with E-state index < -0.39 is 0 Å². The molecule has 3 nitrogen and oxygen atoms in total. The van der Waals surface area contributed by atoms with E-state index in [1.54, 1.807) is 0 Å². The number of carbonyl (C=O) groups is 1. The van der Waals surface area contributed by atoms with Crippen molar-refractivity contribution in [3.05, 3.63) is 0 Å². The van der Waals surface area contributed by atoms with Crippen LogP contribution in [0, 0.1) is 23.7 Å². The quantitative estimate of drug-likeness (QED) is 0.804. The molecule has 4 aliphatic carbocycles. The van der Waals surface area contributed by atoms with Crippen molar-refractivity contribution in [2.45, 2.75) is 62.5 Å². The summed E-state index contributed by atoms with van der Waals surface area (Å²) in [7, 11) is 0. The molecule has 1 amide bonds. The molecule has 1 atom stereocenters. The third-order valence-corrected chi connectivity index (χ3v) is 8.14.